The maximum absolute atomic E-state index is 6.11. The standard InChI is InChI=1S/C20H42Cl2Si/c1-3-4-5-6-7-8-9-10-11-12-13-14-15-16-17-18-19-20-23(2,21)22/h3-20H2,1-2H3. The molecule has 0 aliphatic carbocycles. The average molecular weight is 382 g/mol. The number of halogens is 2. The highest BCUT2D eigenvalue weighted by Gasteiger charge is 2.19. The molecule has 0 aromatic heterocycles. The summed E-state index contributed by atoms with van der Waals surface area (Å²) in [4.78, 5) is 0. The van der Waals surface area contributed by atoms with Crippen LogP contribution in [-0.2, 0) is 0 Å². The van der Waals surface area contributed by atoms with Crippen LogP contribution in [0.3, 0.4) is 0 Å². The van der Waals surface area contributed by atoms with Crippen molar-refractivity contribution in [1.82, 2.24) is 0 Å². The van der Waals surface area contributed by atoms with E-state index in [0.717, 1.165) is 6.04 Å². The minimum Gasteiger partial charge on any atom is -0.146 e. The fraction of sp³-hybridized carbons (Fsp3) is 1.00. The second-order valence-corrected chi connectivity index (χ2v) is 15.7. The molecule has 0 atom stereocenters. The third-order valence-electron chi connectivity index (χ3n) is 4.72. The first-order valence-electron chi connectivity index (χ1n) is 10.4. The molecule has 0 aliphatic rings. The Morgan fingerprint density at radius 1 is 0.478 bits per heavy atom. The van der Waals surface area contributed by atoms with Crippen molar-refractivity contribution >= 4 is 28.9 Å². The van der Waals surface area contributed by atoms with E-state index in [0.29, 0.717) is 0 Å². The molecule has 3 heteroatoms. The molecule has 0 heterocycles. The maximum atomic E-state index is 6.11. The summed E-state index contributed by atoms with van der Waals surface area (Å²) >= 11 is 12.2. The normalized spacial score (nSPS) is 12.0. The Labute approximate surface area is 157 Å². The van der Waals surface area contributed by atoms with Gasteiger partial charge in [0.25, 0.3) is 0 Å². The molecule has 0 unspecified atom stereocenters. The summed E-state index contributed by atoms with van der Waals surface area (Å²) in [5, 5.41) is 0. The third-order valence-corrected chi connectivity index (χ3v) is 7.08. The SMILES string of the molecule is CCCCCCCCCCCCCCCCCCC[Si](C)(Cl)Cl. The van der Waals surface area contributed by atoms with Crippen LogP contribution in [0.4, 0.5) is 0 Å². The van der Waals surface area contributed by atoms with Gasteiger partial charge < -0.3 is 0 Å². The molecule has 0 N–H and O–H groups in total. The predicted molar refractivity (Wildman–Crippen MR) is 112 cm³/mol. The Hall–Kier alpha value is 0.797. The molecule has 0 amide bonds. The molecule has 0 rings (SSSR count). The molecule has 0 spiro atoms. The Morgan fingerprint density at radius 3 is 1.00 bits per heavy atom. The van der Waals surface area contributed by atoms with E-state index < -0.39 is 6.69 Å². The van der Waals surface area contributed by atoms with Crippen molar-refractivity contribution in [2.24, 2.45) is 0 Å². The van der Waals surface area contributed by atoms with Crippen LogP contribution in [0.5, 0.6) is 0 Å². The molecule has 0 saturated carbocycles. The fourth-order valence-electron chi connectivity index (χ4n) is 3.16. The van der Waals surface area contributed by atoms with Crippen molar-refractivity contribution in [2.45, 2.75) is 129 Å². The molecule has 0 aromatic rings. The van der Waals surface area contributed by atoms with E-state index in [2.05, 4.69) is 6.92 Å². The van der Waals surface area contributed by atoms with Gasteiger partial charge >= 0.3 is 0 Å². The molecular weight excluding hydrogens is 339 g/mol. The second kappa shape index (κ2) is 17.6. The Bertz CT molecular complexity index is 226. The lowest BCUT2D eigenvalue weighted by Gasteiger charge is -2.09. The molecule has 0 aromatic carbocycles. The first-order chi connectivity index (χ1) is 11.1. The van der Waals surface area contributed by atoms with Crippen LogP contribution in [0, 0.1) is 0 Å². The highest BCUT2D eigenvalue weighted by molar-refractivity contribution is 7.44. The van der Waals surface area contributed by atoms with Crippen LogP contribution in [0.1, 0.15) is 116 Å². The minimum absolute atomic E-state index is 1.06. The zero-order valence-electron chi connectivity index (χ0n) is 16.0. The van der Waals surface area contributed by atoms with E-state index in [1.165, 1.54) is 109 Å². The molecule has 0 nitrogen and oxygen atoms in total. The smallest absolute Gasteiger partial charge is 0.146 e. The zero-order valence-corrected chi connectivity index (χ0v) is 18.5. The molecule has 140 valence electrons. The topological polar surface area (TPSA) is 0 Å². The molecule has 0 aliphatic heterocycles. The van der Waals surface area contributed by atoms with Crippen LogP contribution >= 0.6 is 22.2 Å². The van der Waals surface area contributed by atoms with Gasteiger partial charge in [0.1, 0.15) is 0 Å². The molecular formula is C20H42Cl2Si. The Morgan fingerprint density at radius 2 is 0.739 bits per heavy atom. The van der Waals surface area contributed by atoms with E-state index in [4.69, 9.17) is 22.2 Å². The van der Waals surface area contributed by atoms with Gasteiger partial charge in [0.2, 0.25) is 6.69 Å². The zero-order chi connectivity index (χ0) is 17.2. The lowest BCUT2D eigenvalue weighted by molar-refractivity contribution is 0.529. The molecule has 0 saturated heterocycles. The van der Waals surface area contributed by atoms with E-state index >= 15 is 0 Å². The van der Waals surface area contributed by atoms with Gasteiger partial charge in [-0.1, -0.05) is 116 Å². The highest BCUT2D eigenvalue weighted by Crippen LogP contribution is 2.23. The van der Waals surface area contributed by atoms with Crippen molar-refractivity contribution < 1.29 is 0 Å². The van der Waals surface area contributed by atoms with Crippen molar-refractivity contribution in [1.29, 1.82) is 0 Å². The fourth-order valence-corrected chi connectivity index (χ4v) is 4.83. The highest BCUT2D eigenvalue weighted by atomic mass is 35.7. The van der Waals surface area contributed by atoms with Gasteiger partial charge in [-0.3, -0.25) is 0 Å². The largest absolute Gasteiger partial charge is 0.248 e. The van der Waals surface area contributed by atoms with Crippen molar-refractivity contribution in [3.05, 3.63) is 0 Å². The monoisotopic (exact) mass is 380 g/mol. The lowest BCUT2D eigenvalue weighted by atomic mass is 10.0. The van der Waals surface area contributed by atoms with E-state index in [1.807, 2.05) is 6.55 Å². The molecule has 0 bridgehead atoms. The van der Waals surface area contributed by atoms with Gasteiger partial charge in [-0.2, -0.15) is 0 Å². The van der Waals surface area contributed by atoms with Crippen molar-refractivity contribution in [3.63, 3.8) is 0 Å². The molecule has 23 heavy (non-hydrogen) atoms. The summed E-state index contributed by atoms with van der Waals surface area (Å²) < 4.78 is 0. The van der Waals surface area contributed by atoms with Gasteiger partial charge in [-0.05, 0) is 12.6 Å². The van der Waals surface area contributed by atoms with Crippen LogP contribution in [0.2, 0.25) is 12.6 Å². The van der Waals surface area contributed by atoms with Crippen LogP contribution in [0.25, 0.3) is 0 Å². The lowest BCUT2D eigenvalue weighted by Crippen LogP contribution is -2.11. The molecule has 0 fully saturated rings. The summed E-state index contributed by atoms with van der Waals surface area (Å²) in [6.07, 6.45) is 24.1. The molecule has 0 radical (unpaired) electrons. The van der Waals surface area contributed by atoms with Crippen LogP contribution in [-0.4, -0.2) is 6.69 Å². The van der Waals surface area contributed by atoms with E-state index in [9.17, 15) is 0 Å². The minimum atomic E-state index is -1.82. The summed E-state index contributed by atoms with van der Waals surface area (Å²) in [5.41, 5.74) is 0. The number of rotatable bonds is 18. The van der Waals surface area contributed by atoms with Gasteiger partial charge in [0, 0.05) is 0 Å². The maximum Gasteiger partial charge on any atom is 0.248 e. The summed E-state index contributed by atoms with van der Waals surface area (Å²) in [5.74, 6) is 0. The number of hydrogen-bond donors (Lipinski definition) is 0. The third kappa shape index (κ3) is 22.8. The number of unbranched alkanes of at least 4 members (excludes halogenated alkanes) is 16. The average Bonchev–Trinajstić information content (AvgIpc) is 2.49. The summed E-state index contributed by atoms with van der Waals surface area (Å²) in [6.45, 7) is 2.50. The van der Waals surface area contributed by atoms with Gasteiger partial charge in [0.15, 0.2) is 0 Å². The predicted octanol–water partition coefficient (Wildman–Crippen LogP) is 9.19. The summed E-state index contributed by atoms with van der Waals surface area (Å²) in [6, 6.07) is 1.06. The first-order valence-corrected chi connectivity index (χ1v) is 15.2. The van der Waals surface area contributed by atoms with Crippen LogP contribution in [0.15, 0.2) is 0 Å². The quantitative estimate of drug-likeness (QED) is 0.126. The van der Waals surface area contributed by atoms with Gasteiger partial charge in [-0.25, -0.2) is 0 Å². The Balaban J connectivity index is 3.00. The van der Waals surface area contributed by atoms with E-state index in [1.54, 1.807) is 0 Å². The van der Waals surface area contributed by atoms with E-state index in [-0.39, 0.29) is 0 Å². The van der Waals surface area contributed by atoms with Gasteiger partial charge in [-0.15, -0.1) is 22.2 Å². The summed E-state index contributed by atoms with van der Waals surface area (Å²) in [7, 11) is 0. The number of hydrogen-bond acceptors (Lipinski definition) is 0. The van der Waals surface area contributed by atoms with Crippen molar-refractivity contribution in [3.8, 4) is 0 Å². The second-order valence-electron chi connectivity index (χ2n) is 7.48. The van der Waals surface area contributed by atoms with Crippen LogP contribution < -0.4 is 0 Å². The first kappa shape index (κ1) is 23.8. The van der Waals surface area contributed by atoms with Gasteiger partial charge in [0.05, 0.1) is 0 Å². The van der Waals surface area contributed by atoms with Crippen molar-refractivity contribution in [2.75, 3.05) is 0 Å². The Kier molecular flexibility index (Phi) is 18.2.